The van der Waals surface area contributed by atoms with Crippen molar-refractivity contribution >= 4 is 11.8 Å². The second kappa shape index (κ2) is 17.2. The molecule has 1 saturated heterocycles. The number of rotatable bonds is 6. The number of amides is 2. The second-order valence-electron chi connectivity index (χ2n) is 6.92. The normalized spacial score (nSPS) is 13.5. The molecular formula is C23H40N2O3. The van der Waals surface area contributed by atoms with Crippen LogP contribution in [0.2, 0.25) is 0 Å². The van der Waals surface area contributed by atoms with Gasteiger partial charge in [0.2, 0.25) is 11.8 Å². The van der Waals surface area contributed by atoms with Crippen molar-refractivity contribution in [2.75, 3.05) is 26.7 Å². The van der Waals surface area contributed by atoms with Crippen LogP contribution in [-0.4, -0.2) is 48.6 Å². The molecule has 2 rings (SSSR count). The van der Waals surface area contributed by atoms with E-state index in [0.717, 1.165) is 45.2 Å². The van der Waals surface area contributed by atoms with E-state index >= 15 is 0 Å². The Bertz CT molecular complexity index is 504. The summed E-state index contributed by atoms with van der Waals surface area (Å²) in [6.07, 6.45) is 6.50. The zero-order chi connectivity index (χ0) is 21.2. The minimum absolute atomic E-state index is 0.0926. The van der Waals surface area contributed by atoms with Crippen molar-refractivity contribution in [3.63, 3.8) is 0 Å². The molecule has 1 aromatic carbocycles. The highest BCUT2D eigenvalue weighted by atomic mass is 16.3. The number of unbranched alkanes of at least 4 members (excludes halogenated alkanes) is 1. The molecule has 28 heavy (non-hydrogen) atoms. The van der Waals surface area contributed by atoms with Crippen LogP contribution in [0.15, 0.2) is 30.3 Å². The third-order valence-corrected chi connectivity index (χ3v) is 4.69. The number of piperidine rings is 1. The zero-order valence-corrected chi connectivity index (χ0v) is 18.2. The Morgan fingerprint density at radius 3 is 2.04 bits per heavy atom. The molecule has 0 radical (unpaired) electrons. The summed E-state index contributed by atoms with van der Waals surface area (Å²) >= 11 is 0. The van der Waals surface area contributed by atoms with Gasteiger partial charge in [0.25, 0.3) is 0 Å². The number of nitrogens with zero attached hydrogens (tertiary/aromatic N) is 1. The molecule has 1 heterocycles. The summed E-state index contributed by atoms with van der Waals surface area (Å²) in [4.78, 5) is 23.9. The molecule has 1 aromatic rings. The summed E-state index contributed by atoms with van der Waals surface area (Å²) < 4.78 is 0. The van der Waals surface area contributed by atoms with Crippen molar-refractivity contribution in [1.29, 1.82) is 0 Å². The smallest absolute Gasteiger partial charge is 0.222 e. The van der Waals surface area contributed by atoms with Crippen molar-refractivity contribution in [2.45, 2.75) is 71.6 Å². The molecule has 160 valence electrons. The van der Waals surface area contributed by atoms with E-state index in [1.165, 1.54) is 5.56 Å². The lowest BCUT2D eigenvalue weighted by molar-refractivity contribution is -0.132. The van der Waals surface area contributed by atoms with Crippen LogP contribution in [0.5, 0.6) is 0 Å². The topological polar surface area (TPSA) is 69.6 Å². The minimum Gasteiger partial charge on any atom is -0.396 e. The van der Waals surface area contributed by atoms with Gasteiger partial charge in [-0.15, -0.1) is 0 Å². The van der Waals surface area contributed by atoms with E-state index in [0.29, 0.717) is 31.3 Å². The fourth-order valence-corrected chi connectivity index (χ4v) is 2.89. The van der Waals surface area contributed by atoms with Gasteiger partial charge in [0.1, 0.15) is 0 Å². The minimum atomic E-state index is 0.0926. The highest BCUT2D eigenvalue weighted by molar-refractivity contribution is 5.76. The van der Waals surface area contributed by atoms with Crippen molar-refractivity contribution in [3.8, 4) is 0 Å². The highest BCUT2D eigenvalue weighted by Crippen LogP contribution is 2.27. The van der Waals surface area contributed by atoms with E-state index < -0.39 is 0 Å². The summed E-state index contributed by atoms with van der Waals surface area (Å²) in [5.41, 5.74) is 1.43. The Kier molecular flexibility index (Phi) is 16.1. The summed E-state index contributed by atoms with van der Waals surface area (Å²) in [7, 11) is 1.63. The Morgan fingerprint density at radius 1 is 1.07 bits per heavy atom. The van der Waals surface area contributed by atoms with Gasteiger partial charge in [0, 0.05) is 39.6 Å². The van der Waals surface area contributed by atoms with Crippen LogP contribution in [-0.2, 0) is 9.59 Å². The lowest BCUT2D eigenvalue weighted by Crippen LogP contribution is -2.37. The lowest BCUT2D eigenvalue weighted by Gasteiger charge is -2.32. The Balaban J connectivity index is 0.000000550. The molecule has 0 unspecified atom stereocenters. The number of nitrogens with one attached hydrogen (secondary N) is 1. The number of aliphatic hydroxyl groups excluding tert-OH is 1. The molecule has 5 heteroatoms. The van der Waals surface area contributed by atoms with Gasteiger partial charge in [-0.2, -0.15) is 0 Å². The fraction of sp³-hybridized carbons (Fsp3) is 0.652. The molecule has 1 fully saturated rings. The van der Waals surface area contributed by atoms with Gasteiger partial charge in [0.15, 0.2) is 0 Å². The van der Waals surface area contributed by atoms with Gasteiger partial charge < -0.3 is 15.3 Å². The van der Waals surface area contributed by atoms with Crippen molar-refractivity contribution < 1.29 is 14.7 Å². The SMILES string of the molecule is CCC(=O)NC.CCCC(=O)N1CCC(c2ccccc2)CC1.CCCCO. The van der Waals surface area contributed by atoms with Gasteiger partial charge in [-0.1, -0.05) is 57.5 Å². The molecule has 0 aromatic heterocycles. The molecule has 0 saturated carbocycles. The first kappa shape index (κ1) is 26.1. The number of likely N-dealkylation sites (tertiary alicyclic amines) is 1. The molecular weight excluding hydrogens is 352 g/mol. The first-order valence-corrected chi connectivity index (χ1v) is 10.7. The maximum Gasteiger partial charge on any atom is 0.222 e. The van der Waals surface area contributed by atoms with E-state index in [9.17, 15) is 9.59 Å². The molecule has 1 aliphatic heterocycles. The fourth-order valence-electron chi connectivity index (χ4n) is 2.89. The van der Waals surface area contributed by atoms with Crippen LogP contribution in [0.25, 0.3) is 0 Å². The number of carbonyl (C=O) groups is 2. The van der Waals surface area contributed by atoms with Crippen LogP contribution < -0.4 is 5.32 Å². The third kappa shape index (κ3) is 11.8. The van der Waals surface area contributed by atoms with Gasteiger partial charge in [-0.05, 0) is 37.2 Å². The Labute approximate surface area is 171 Å². The predicted octanol–water partition coefficient (Wildman–Crippen LogP) is 4.11. The predicted molar refractivity (Wildman–Crippen MR) is 116 cm³/mol. The number of hydrogen-bond donors (Lipinski definition) is 2. The number of carbonyl (C=O) groups excluding carboxylic acids is 2. The Morgan fingerprint density at radius 2 is 1.68 bits per heavy atom. The lowest BCUT2D eigenvalue weighted by atomic mass is 9.89. The van der Waals surface area contributed by atoms with E-state index in [2.05, 4.69) is 49.5 Å². The first-order valence-electron chi connectivity index (χ1n) is 10.7. The molecule has 5 nitrogen and oxygen atoms in total. The molecule has 2 N–H and O–H groups in total. The summed E-state index contributed by atoms with van der Waals surface area (Å²) in [6, 6.07) is 10.7. The van der Waals surface area contributed by atoms with Gasteiger partial charge in [-0.25, -0.2) is 0 Å². The Hall–Kier alpha value is -1.88. The van der Waals surface area contributed by atoms with Crippen molar-refractivity contribution in [3.05, 3.63) is 35.9 Å². The van der Waals surface area contributed by atoms with Crippen LogP contribution in [0.4, 0.5) is 0 Å². The zero-order valence-electron chi connectivity index (χ0n) is 18.2. The number of benzene rings is 1. The average molecular weight is 393 g/mol. The third-order valence-electron chi connectivity index (χ3n) is 4.69. The number of aliphatic hydroxyl groups is 1. The first-order chi connectivity index (χ1) is 13.5. The van der Waals surface area contributed by atoms with E-state index in [4.69, 9.17) is 5.11 Å². The molecule has 0 bridgehead atoms. The summed E-state index contributed by atoms with van der Waals surface area (Å²) in [5, 5.41) is 10.5. The summed E-state index contributed by atoms with van der Waals surface area (Å²) in [5.74, 6) is 1.07. The molecule has 0 spiro atoms. The van der Waals surface area contributed by atoms with Gasteiger partial charge >= 0.3 is 0 Å². The van der Waals surface area contributed by atoms with Gasteiger partial charge in [0.05, 0.1) is 0 Å². The van der Waals surface area contributed by atoms with Crippen molar-refractivity contribution in [1.82, 2.24) is 10.2 Å². The maximum absolute atomic E-state index is 11.8. The average Bonchev–Trinajstić information content (AvgIpc) is 2.75. The van der Waals surface area contributed by atoms with Crippen LogP contribution in [0.3, 0.4) is 0 Å². The monoisotopic (exact) mass is 392 g/mol. The van der Waals surface area contributed by atoms with Crippen molar-refractivity contribution in [2.24, 2.45) is 0 Å². The maximum atomic E-state index is 11.8. The summed E-state index contributed by atoms with van der Waals surface area (Å²) in [6.45, 7) is 8.14. The standard InChI is InChI=1S/C15H21NO.C4H9NO.C4H10O/c1-2-6-15(17)16-11-9-14(10-12-16)13-7-4-3-5-8-13;1-3-4(6)5-2;1-2-3-4-5/h3-5,7-8,14H,2,6,9-12H2,1H3;3H2,1-2H3,(H,5,6);5H,2-4H2,1H3. The van der Waals surface area contributed by atoms with Crippen LogP contribution in [0.1, 0.15) is 77.2 Å². The molecule has 0 atom stereocenters. The van der Waals surface area contributed by atoms with E-state index in [1.54, 1.807) is 7.05 Å². The molecule has 2 amide bonds. The van der Waals surface area contributed by atoms with Crippen LogP contribution >= 0.6 is 0 Å². The number of hydrogen-bond acceptors (Lipinski definition) is 3. The molecule has 1 aliphatic rings. The van der Waals surface area contributed by atoms with Crippen LogP contribution in [0, 0.1) is 0 Å². The highest BCUT2D eigenvalue weighted by Gasteiger charge is 2.22. The van der Waals surface area contributed by atoms with Gasteiger partial charge in [-0.3, -0.25) is 9.59 Å². The van der Waals surface area contributed by atoms with E-state index in [-0.39, 0.29) is 5.91 Å². The second-order valence-corrected chi connectivity index (χ2v) is 6.92. The quantitative estimate of drug-likeness (QED) is 0.765. The van der Waals surface area contributed by atoms with E-state index in [1.807, 2.05) is 11.8 Å². The molecule has 0 aliphatic carbocycles. The largest absolute Gasteiger partial charge is 0.396 e.